The second-order valence-corrected chi connectivity index (χ2v) is 7.17. The quantitative estimate of drug-likeness (QED) is 0.487. The molecular weight excluding hydrogens is 418 g/mol. The standard InChI is InChI=1S/C22H25N3O5S/c1-5-28-17-12-15(13-18(29-6-2)19(17)30-7-3)20(26)23-22-25-24-21(31-22)14-8-10-16(27-4)11-9-14/h8-13H,5-7H2,1-4H3,(H,23,25,26). The summed E-state index contributed by atoms with van der Waals surface area (Å²) in [6.07, 6.45) is 0. The highest BCUT2D eigenvalue weighted by Gasteiger charge is 2.19. The van der Waals surface area contributed by atoms with Crippen LogP contribution in [0, 0.1) is 0 Å². The number of amides is 1. The second-order valence-electron chi connectivity index (χ2n) is 6.20. The second kappa shape index (κ2) is 10.6. The van der Waals surface area contributed by atoms with Gasteiger partial charge in [-0.15, -0.1) is 10.2 Å². The molecule has 2 aromatic carbocycles. The van der Waals surface area contributed by atoms with E-state index in [1.165, 1.54) is 11.3 Å². The Morgan fingerprint density at radius 3 is 2.10 bits per heavy atom. The van der Waals surface area contributed by atoms with E-state index in [9.17, 15) is 4.79 Å². The summed E-state index contributed by atoms with van der Waals surface area (Å²) in [4.78, 5) is 12.9. The minimum Gasteiger partial charge on any atom is -0.497 e. The third-order valence-electron chi connectivity index (χ3n) is 4.15. The van der Waals surface area contributed by atoms with Crippen LogP contribution in [0.5, 0.6) is 23.0 Å². The fourth-order valence-electron chi connectivity index (χ4n) is 2.81. The normalized spacial score (nSPS) is 10.5. The van der Waals surface area contributed by atoms with E-state index >= 15 is 0 Å². The van der Waals surface area contributed by atoms with Crippen LogP contribution in [0.4, 0.5) is 5.13 Å². The number of nitrogens with zero attached hydrogens (tertiary/aromatic N) is 2. The van der Waals surface area contributed by atoms with Gasteiger partial charge in [-0.05, 0) is 57.2 Å². The van der Waals surface area contributed by atoms with Crippen molar-refractivity contribution >= 4 is 22.4 Å². The molecule has 3 rings (SSSR count). The van der Waals surface area contributed by atoms with E-state index in [2.05, 4.69) is 15.5 Å². The summed E-state index contributed by atoms with van der Waals surface area (Å²) in [6.45, 7) is 6.92. The van der Waals surface area contributed by atoms with Crippen molar-refractivity contribution in [3.63, 3.8) is 0 Å². The zero-order chi connectivity index (χ0) is 22.2. The molecule has 0 aliphatic heterocycles. The van der Waals surface area contributed by atoms with Gasteiger partial charge in [0.1, 0.15) is 10.8 Å². The van der Waals surface area contributed by atoms with Gasteiger partial charge >= 0.3 is 0 Å². The van der Waals surface area contributed by atoms with Crippen molar-refractivity contribution < 1.29 is 23.7 Å². The van der Waals surface area contributed by atoms with Gasteiger partial charge in [-0.25, -0.2) is 0 Å². The summed E-state index contributed by atoms with van der Waals surface area (Å²) in [5, 5.41) is 12.1. The maximum absolute atomic E-state index is 12.9. The molecule has 31 heavy (non-hydrogen) atoms. The molecule has 9 heteroatoms. The molecule has 3 aromatic rings. The Labute approximate surface area is 185 Å². The van der Waals surface area contributed by atoms with Crippen molar-refractivity contribution in [2.45, 2.75) is 20.8 Å². The molecule has 0 spiro atoms. The Hall–Kier alpha value is -3.33. The van der Waals surface area contributed by atoms with Gasteiger partial charge in [-0.3, -0.25) is 10.1 Å². The summed E-state index contributed by atoms with van der Waals surface area (Å²) < 4.78 is 22.2. The van der Waals surface area contributed by atoms with Gasteiger partial charge in [0.2, 0.25) is 10.9 Å². The summed E-state index contributed by atoms with van der Waals surface area (Å²) in [6, 6.07) is 10.7. The lowest BCUT2D eigenvalue weighted by Crippen LogP contribution is -2.13. The predicted octanol–water partition coefficient (Wildman–Crippen LogP) is 4.66. The average molecular weight is 444 g/mol. The molecule has 0 aliphatic carbocycles. The molecule has 0 fully saturated rings. The highest BCUT2D eigenvalue weighted by atomic mass is 32.1. The number of methoxy groups -OCH3 is 1. The van der Waals surface area contributed by atoms with Crippen LogP contribution >= 0.6 is 11.3 Å². The molecule has 164 valence electrons. The van der Waals surface area contributed by atoms with Crippen molar-refractivity contribution in [3.8, 4) is 33.6 Å². The number of anilines is 1. The van der Waals surface area contributed by atoms with Crippen LogP contribution in [0.25, 0.3) is 10.6 Å². The molecule has 0 radical (unpaired) electrons. The SMILES string of the molecule is CCOc1cc(C(=O)Nc2nnc(-c3ccc(OC)cc3)s2)cc(OCC)c1OCC. The predicted molar refractivity (Wildman–Crippen MR) is 120 cm³/mol. The number of nitrogens with one attached hydrogen (secondary N) is 1. The molecular formula is C22H25N3O5S. The third-order valence-corrected chi connectivity index (χ3v) is 5.04. The Balaban J connectivity index is 1.83. The molecule has 1 aromatic heterocycles. The van der Waals surface area contributed by atoms with E-state index in [1.54, 1.807) is 19.2 Å². The fourth-order valence-corrected chi connectivity index (χ4v) is 3.56. The molecule has 1 heterocycles. The lowest BCUT2D eigenvalue weighted by molar-refractivity contribution is 0.102. The summed E-state index contributed by atoms with van der Waals surface area (Å²) >= 11 is 1.28. The maximum Gasteiger partial charge on any atom is 0.257 e. The molecule has 0 saturated carbocycles. The van der Waals surface area contributed by atoms with Crippen LogP contribution in [0.1, 0.15) is 31.1 Å². The van der Waals surface area contributed by atoms with Crippen molar-refractivity contribution in [1.82, 2.24) is 10.2 Å². The van der Waals surface area contributed by atoms with Crippen molar-refractivity contribution in [3.05, 3.63) is 42.0 Å². The monoisotopic (exact) mass is 443 g/mol. The smallest absolute Gasteiger partial charge is 0.257 e. The minimum atomic E-state index is -0.345. The van der Waals surface area contributed by atoms with Gasteiger partial charge in [0.25, 0.3) is 5.91 Å². The lowest BCUT2D eigenvalue weighted by Gasteiger charge is -2.16. The number of rotatable bonds is 10. The summed E-state index contributed by atoms with van der Waals surface area (Å²) in [7, 11) is 1.61. The Morgan fingerprint density at radius 1 is 0.935 bits per heavy atom. The minimum absolute atomic E-state index is 0.345. The topological polar surface area (TPSA) is 91.8 Å². The first-order valence-electron chi connectivity index (χ1n) is 9.95. The van der Waals surface area contributed by atoms with E-state index < -0.39 is 0 Å². The number of carbonyl (C=O) groups is 1. The fraction of sp³-hybridized carbons (Fsp3) is 0.318. The van der Waals surface area contributed by atoms with Gasteiger partial charge in [0, 0.05) is 11.1 Å². The van der Waals surface area contributed by atoms with Crippen molar-refractivity contribution in [2.75, 3.05) is 32.2 Å². The number of hydrogen-bond acceptors (Lipinski definition) is 8. The molecule has 0 aliphatic rings. The van der Waals surface area contributed by atoms with Crippen LogP contribution in [0.3, 0.4) is 0 Å². The van der Waals surface area contributed by atoms with Gasteiger partial charge in [0.15, 0.2) is 11.5 Å². The van der Waals surface area contributed by atoms with E-state index in [0.29, 0.717) is 52.8 Å². The zero-order valence-corrected chi connectivity index (χ0v) is 18.7. The lowest BCUT2D eigenvalue weighted by atomic mass is 10.1. The molecule has 0 atom stereocenters. The van der Waals surface area contributed by atoms with Crippen LogP contribution in [-0.2, 0) is 0 Å². The Bertz CT molecular complexity index is 993. The summed E-state index contributed by atoms with van der Waals surface area (Å²) in [5.74, 6) is 1.81. The highest BCUT2D eigenvalue weighted by Crippen LogP contribution is 2.39. The number of ether oxygens (including phenoxy) is 4. The summed E-state index contributed by atoms with van der Waals surface area (Å²) in [5.41, 5.74) is 1.26. The number of benzene rings is 2. The maximum atomic E-state index is 12.9. The van der Waals surface area contributed by atoms with Crippen molar-refractivity contribution in [1.29, 1.82) is 0 Å². The Kier molecular flexibility index (Phi) is 7.66. The van der Waals surface area contributed by atoms with E-state index in [4.69, 9.17) is 18.9 Å². The van der Waals surface area contributed by atoms with E-state index in [1.807, 2.05) is 45.0 Å². The molecule has 1 N–H and O–H groups in total. The Morgan fingerprint density at radius 2 is 1.55 bits per heavy atom. The first kappa shape index (κ1) is 22.4. The third kappa shape index (κ3) is 5.43. The van der Waals surface area contributed by atoms with Crippen LogP contribution in [0.2, 0.25) is 0 Å². The number of carbonyl (C=O) groups excluding carboxylic acids is 1. The molecule has 0 unspecified atom stereocenters. The van der Waals surface area contributed by atoms with Gasteiger partial charge in [-0.1, -0.05) is 11.3 Å². The zero-order valence-electron chi connectivity index (χ0n) is 17.9. The largest absolute Gasteiger partial charge is 0.497 e. The van der Waals surface area contributed by atoms with Crippen molar-refractivity contribution in [2.24, 2.45) is 0 Å². The van der Waals surface area contributed by atoms with Crippen LogP contribution < -0.4 is 24.3 Å². The van der Waals surface area contributed by atoms with Crippen LogP contribution in [0.15, 0.2) is 36.4 Å². The molecule has 0 saturated heterocycles. The van der Waals surface area contributed by atoms with E-state index in [0.717, 1.165) is 11.3 Å². The van der Waals surface area contributed by atoms with E-state index in [-0.39, 0.29) is 5.91 Å². The van der Waals surface area contributed by atoms with Crippen LogP contribution in [-0.4, -0.2) is 43.0 Å². The van der Waals surface area contributed by atoms with Gasteiger partial charge in [0.05, 0.1) is 26.9 Å². The van der Waals surface area contributed by atoms with Gasteiger partial charge in [-0.2, -0.15) is 0 Å². The first-order chi connectivity index (χ1) is 15.1. The van der Waals surface area contributed by atoms with Gasteiger partial charge < -0.3 is 18.9 Å². The molecule has 0 bridgehead atoms. The first-order valence-corrected chi connectivity index (χ1v) is 10.8. The highest BCUT2D eigenvalue weighted by molar-refractivity contribution is 7.18. The molecule has 8 nitrogen and oxygen atoms in total. The average Bonchev–Trinajstić information content (AvgIpc) is 3.24. The number of hydrogen-bond donors (Lipinski definition) is 1. The number of aromatic nitrogens is 2. The molecule has 1 amide bonds.